The molecule has 1 aliphatic heterocycles. The second-order valence-corrected chi connectivity index (χ2v) is 7.68. The van der Waals surface area contributed by atoms with Crippen molar-refractivity contribution in [2.24, 2.45) is 5.92 Å². The largest absolute Gasteiger partial charge is 0.324 e. The summed E-state index contributed by atoms with van der Waals surface area (Å²) in [7, 11) is 2.20. The molecule has 4 heteroatoms. The first kappa shape index (κ1) is 16.8. The molecule has 2 aliphatic rings. The normalized spacial score (nSPS) is 31.5. The van der Waals surface area contributed by atoms with Crippen LogP contribution in [0.4, 0.5) is 0 Å². The molecule has 21 heavy (non-hydrogen) atoms. The van der Waals surface area contributed by atoms with Crippen molar-refractivity contribution < 1.29 is 4.79 Å². The van der Waals surface area contributed by atoms with Gasteiger partial charge in [-0.2, -0.15) is 0 Å². The third-order valence-corrected chi connectivity index (χ3v) is 5.28. The van der Waals surface area contributed by atoms with Crippen molar-refractivity contribution in [2.75, 3.05) is 13.6 Å². The van der Waals surface area contributed by atoms with E-state index in [-0.39, 0.29) is 17.6 Å². The van der Waals surface area contributed by atoms with Crippen LogP contribution in [0.2, 0.25) is 0 Å². The quantitative estimate of drug-likeness (QED) is 0.783. The fourth-order valence-corrected chi connectivity index (χ4v) is 3.32. The molecule has 0 aromatic carbocycles. The van der Waals surface area contributed by atoms with E-state index in [9.17, 15) is 4.79 Å². The topological polar surface area (TPSA) is 35.6 Å². The summed E-state index contributed by atoms with van der Waals surface area (Å²) in [5, 5.41) is 3.60. The molecule has 1 N–H and O–H groups in total. The monoisotopic (exact) mass is 295 g/mol. The molecule has 1 aliphatic carbocycles. The van der Waals surface area contributed by atoms with Crippen molar-refractivity contribution in [3.05, 3.63) is 0 Å². The predicted octanol–water partition coefficient (Wildman–Crippen LogP) is 2.44. The van der Waals surface area contributed by atoms with Crippen LogP contribution < -0.4 is 5.32 Å². The van der Waals surface area contributed by atoms with Crippen molar-refractivity contribution in [1.82, 2.24) is 15.1 Å². The molecule has 0 aromatic rings. The summed E-state index contributed by atoms with van der Waals surface area (Å²) in [4.78, 5) is 17.4. The average Bonchev–Trinajstić information content (AvgIpc) is 3.22. The first-order valence-electron chi connectivity index (χ1n) is 8.59. The van der Waals surface area contributed by atoms with Gasteiger partial charge in [0, 0.05) is 18.6 Å². The van der Waals surface area contributed by atoms with E-state index in [1.165, 1.54) is 12.8 Å². The van der Waals surface area contributed by atoms with Crippen molar-refractivity contribution in [3.8, 4) is 0 Å². The average molecular weight is 295 g/mol. The fourth-order valence-electron chi connectivity index (χ4n) is 3.32. The minimum Gasteiger partial charge on any atom is -0.324 e. The molecule has 122 valence electrons. The Morgan fingerprint density at radius 1 is 1.38 bits per heavy atom. The number of carbonyl (C=O) groups excluding carboxylic acids is 1. The number of rotatable bonds is 7. The first-order valence-corrected chi connectivity index (χ1v) is 8.59. The van der Waals surface area contributed by atoms with E-state index in [1.54, 1.807) is 0 Å². The Hall–Kier alpha value is -0.610. The lowest BCUT2D eigenvalue weighted by atomic mass is 9.99. The molecule has 3 atom stereocenters. The zero-order chi connectivity index (χ0) is 15.8. The lowest BCUT2D eigenvalue weighted by Gasteiger charge is -2.32. The van der Waals surface area contributed by atoms with E-state index in [2.05, 4.69) is 56.8 Å². The summed E-state index contributed by atoms with van der Waals surface area (Å²) in [6, 6.07) is 1.17. The van der Waals surface area contributed by atoms with Crippen LogP contribution in [-0.2, 0) is 4.79 Å². The van der Waals surface area contributed by atoms with Crippen LogP contribution in [0, 0.1) is 5.92 Å². The van der Waals surface area contributed by atoms with Gasteiger partial charge in [-0.25, -0.2) is 0 Å². The maximum atomic E-state index is 12.8. The van der Waals surface area contributed by atoms with E-state index in [1.807, 2.05) is 0 Å². The maximum Gasteiger partial charge on any atom is 0.243 e. The van der Waals surface area contributed by atoms with Gasteiger partial charge in [0.2, 0.25) is 5.91 Å². The smallest absolute Gasteiger partial charge is 0.243 e. The SMILES string of the molecule is CCC1(C)NC(CC(C)C)N(CC(C)N(C)C2CC2)C1=O. The predicted molar refractivity (Wildman–Crippen MR) is 87.0 cm³/mol. The highest BCUT2D eigenvalue weighted by Gasteiger charge is 2.47. The number of nitrogens with zero attached hydrogens (tertiary/aromatic N) is 2. The molecule has 1 saturated carbocycles. The molecule has 1 heterocycles. The third kappa shape index (κ3) is 3.59. The Bertz CT molecular complexity index is 380. The van der Waals surface area contributed by atoms with Gasteiger partial charge in [0.15, 0.2) is 0 Å². The molecule has 4 nitrogen and oxygen atoms in total. The maximum absolute atomic E-state index is 12.8. The van der Waals surface area contributed by atoms with Crippen LogP contribution in [0.5, 0.6) is 0 Å². The molecule has 3 unspecified atom stereocenters. The second-order valence-electron chi connectivity index (χ2n) is 7.68. The van der Waals surface area contributed by atoms with E-state index in [0.717, 1.165) is 25.4 Å². The Balaban J connectivity index is 2.06. The molecule has 0 spiro atoms. The molecule has 0 radical (unpaired) electrons. The molecule has 0 aromatic heterocycles. The van der Waals surface area contributed by atoms with E-state index < -0.39 is 0 Å². The molecule has 1 saturated heterocycles. The lowest BCUT2D eigenvalue weighted by molar-refractivity contribution is -0.133. The van der Waals surface area contributed by atoms with Crippen LogP contribution in [0.15, 0.2) is 0 Å². The van der Waals surface area contributed by atoms with Gasteiger partial charge >= 0.3 is 0 Å². The first-order chi connectivity index (χ1) is 9.78. The highest BCUT2D eigenvalue weighted by molar-refractivity contribution is 5.88. The Morgan fingerprint density at radius 2 is 2.00 bits per heavy atom. The van der Waals surface area contributed by atoms with Crippen molar-refractivity contribution in [3.63, 3.8) is 0 Å². The molecular formula is C17H33N3O. The summed E-state index contributed by atoms with van der Waals surface area (Å²) in [5.41, 5.74) is -0.378. The fraction of sp³-hybridized carbons (Fsp3) is 0.941. The van der Waals surface area contributed by atoms with Crippen LogP contribution >= 0.6 is 0 Å². The van der Waals surface area contributed by atoms with E-state index in [0.29, 0.717) is 12.0 Å². The molecule has 2 rings (SSSR count). The zero-order valence-electron chi connectivity index (χ0n) is 14.6. The Morgan fingerprint density at radius 3 is 2.48 bits per heavy atom. The van der Waals surface area contributed by atoms with Gasteiger partial charge in [-0.15, -0.1) is 0 Å². The second kappa shape index (κ2) is 6.25. The Kier molecular flexibility index (Phi) is 4.99. The van der Waals surface area contributed by atoms with Crippen LogP contribution in [0.1, 0.15) is 60.3 Å². The highest BCUT2D eigenvalue weighted by atomic mass is 16.2. The molecular weight excluding hydrogens is 262 g/mol. The summed E-state index contributed by atoms with van der Waals surface area (Å²) in [5.74, 6) is 0.875. The summed E-state index contributed by atoms with van der Waals surface area (Å²) < 4.78 is 0. The molecule has 0 bridgehead atoms. The Labute approximate surface area is 130 Å². The van der Waals surface area contributed by atoms with Crippen molar-refractivity contribution in [2.45, 2.75) is 84.1 Å². The van der Waals surface area contributed by atoms with Gasteiger partial charge in [0.25, 0.3) is 0 Å². The number of hydrogen-bond donors (Lipinski definition) is 1. The van der Waals surface area contributed by atoms with Crippen molar-refractivity contribution in [1.29, 1.82) is 0 Å². The van der Waals surface area contributed by atoms with Gasteiger partial charge in [-0.3, -0.25) is 15.0 Å². The van der Waals surface area contributed by atoms with Crippen LogP contribution in [0.3, 0.4) is 0 Å². The minimum atomic E-state index is -0.378. The summed E-state index contributed by atoms with van der Waals surface area (Å²) in [6.45, 7) is 11.7. The van der Waals surface area contributed by atoms with Gasteiger partial charge < -0.3 is 4.90 Å². The van der Waals surface area contributed by atoms with Gasteiger partial charge in [0.05, 0.1) is 11.7 Å². The van der Waals surface area contributed by atoms with Crippen molar-refractivity contribution >= 4 is 5.91 Å². The van der Waals surface area contributed by atoms with Gasteiger partial charge in [-0.05, 0) is 52.5 Å². The lowest BCUT2D eigenvalue weighted by Crippen LogP contribution is -2.47. The van der Waals surface area contributed by atoms with Gasteiger partial charge in [-0.1, -0.05) is 20.8 Å². The third-order valence-electron chi connectivity index (χ3n) is 5.28. The van der Waals surface area contributed by atoms with Crippen LogP contribution in [0.25, 0.3) is 0 Å². The minimum absolute atomic E-state index is 0.192. The number of likely N-dealkylation sites (N-methyl/N-ethyl adjacent to an activating group) is 1. The standard InChI is InChI=1S/C17H33N3O/c1-7-17(5)16(21)20(15(18-17)10-12(2)3)11-13(4)19(6)14-8-9-14/h12-15,18H,7-11H2,1-6H3. The summed E-state index contributed by atoms with van der Waals surface area (Å²) in [6.07, 6.45) is 4.70. The van der Waals surface area contributed by atoms with E-state index in [4.69, 9.17) is 0 Å². The van der Waals surface area contributed by atoms with E-state index >= 15 is 0 Å². The highest BCUT2D eigenvalue weighted by Crippen LogP contribution is 2.30. The van der Waals surface area contributed by atoms with Gasteiger partial charge in [0.1, 0.15) is 0 Å². The zero-order valence-corrected chi connectivity index (χ0v) is 14.6. The van der Waals surface area contributed by atoms with Crippen LogP contribution in [-0.4, -0.2) is 53.1 Å². The molecule has 1 amide bonds. The molecule has 2 fully saturated rings. The number of amides is 1. The number of hydrogen-bond acceptors (Lipinski definition) is 3. The summed E-state index contributed by atoms with van der Waals surface area (Å²) >= 11 is 0. The number of carbonyl (C=O) groups is 1. The number of nitrogens with one attached hydrogen (secondary N) is 1.